The Hall–Kier alpha value is -3.32. The van der Waals surface area contributed by atoms with Crippen LogP contribution in [0.15, 0.2) is 115 Å². The van der Waals surface area contributed by atoms with Crippen molar-refractivity contribution in [1.82, 2.24) is 0 Å². The van der Waals surface area contributed by atoms with Crippen molar-refractivity contribution < 1.29 is 23.3 Å². The molecule has 0 aliphatic rings. The van der Waals surface area contributed by atoms with Crippen LogP contribution in [0.25, 0.3) is 54.6 Å². The molecule has 7 rings (SSSR count). The van der Waals surface area contributed by atoms with Gasteiger partial charge in [0.1, 0.15) is 0 Å². The molecule has 0 atom stereocenters. The second-order valence-corrected chi connectivity index (χ2v) is 11.8. The zero-order valence-corrected chi connectivity index (χ0v) is 31.5. The van der Waals surface area contributed by atoms with E-state index in [-0.39, 0.29) is 14.9 Å². The van der Waals surface area contributed by atoms with Gasteiger partial charge in [-0.15, -0.1) is 68.6 Å². The Morgan fingerprint density at radius 2 is 1.16 bits per heavy atom. The van der Waals surface area contributed by atoms with Crippen molar-refractivity contribution >= 4 is 39.2 Å². The van der Waals surface area contributed by atoms with Crippen LogP contribution in [0, 0.1) is 42.5 Å². The van der Waals surface area contributed by atoms with Gasteiger partial charge in [0, 0.05) is 0 Å². The van der Waals surface area contributed by atoms with E-state index >= 15 is 0 Å². The average Bonchev–Trinajstić information content (AvgIpc) is 3.64. The third kappa shape index (κ3) is 7.40. The summed E-state index contributed by atoms with van der Waals surface area (Å²) in [5, 5.41) is 8.10. The minimum absolute atomic E-state index is 0. The summed E-state index contributed by atoms with van der Waals surface area (Å²) in [5.41, 5.74) is 12.2. The van der Waals surface area contributed by atoms with Crippen LogP contribution in [0.2, 0.25) is 0 Å². The molecular formula is C43H44SiZr-4. The fourth-order valence-corrected chi connectivity index (χ4v) is 6.33. The van der Waals surface area contributed by atoms with E-state index in [2.05, 4.69) is 164 Å². The molecule has 2 radical (unpaired) electrons. The maximum absolute atomic E-state index is 3.06. The van der Waals surface area contributed by atoms with Gasteiger partial charge in [-0.2, -0.15) is 12.1 Å². The van der Waals surface area contributed by atoms with Gasteiger partial charge in [-0.3, -0.25) is 0 Å². The van der Waals surface area contributed by atoms with Crippen LogP contribution < -0.4 is 0 Å². The van der Waals surface area contributed by atoms with Gasteiger partial charge in [0.25, 0.3) is 0 Å². The van der Waals surface area contributed by atoms with Crippen molar-refractivity contribution in [2.45, 2.75) is 47.5 Å². The Kier molecular flexibility index (Phi) is 12.7. The summed E-state index contributed by atoms with van der Waals surface area (Å²) in [6.45, 7) is 16.3. The number of hydrogen-bond acceptors (Lipinski definition) is 0. The number of aryl methyl sites for hydroxylation is 4. The Bertz CT molecular complexity index is 2010. The Labute approximate surface area is 288 Å². The van der Waals surface area contributed by atoms with E-state index in [1.165, 1.54) is 106 Å². The predicted molar refractivity (Wildman–Crippen MR) is 199 cm³/mol. The van der Waals surface area contributed by atoms with Crippen molar-refractivity contribution in [2.75, 3.05) is 0 Å². The van der Waals surface area contributed by atoms with E-state index in [0.29, 0.717) is 5.92 Å². The molecule has 0 aliphatic carbocycles. The molecular weight excluding hydrogens is 636 g/mol. The molecule has 0 saturated carbocycles. The van der Waals surface area contributed by atoms with Crippen LogP contribution in [0.5, 0.6) is 0 Å². The van der Waals surface area contributed by atoms with Gasteiger partial charge < -0.3 is 14.9 Å². The number of fused-ring (bicyclic) bond motifs is 3. The second kappa shape index (κ2) is 15.8. The zero-order valence-electron chi connectivity index (χ0n) is 28.0. The van der Waals surface area contributed by atoms with Crippen LogP contribution in [-0.2, 0) is 23.3 Å². The van der Waals surface area contributed by atoms with Gasteiger partial charge in [0.15, 0.2) is 0 Å². The average molecular weight is 680 g/mol. The van der Waals surface area contributed by atoms with Crippen LogP contribution in [0.1, 0.15) is 47.6 Å². The van der Waals surface area contributed by atoms with E-state index < -0.39 is 0 Å². The van der Waals surface area contributed by atoms with Gasteiger partial charge in [0.2, 0.25) is 0 Å². The van der Waals surface area contributed by atoms with Gasteiger partial charge in [0.05, 0.1) is 0 Å². The molecule has 0 unspecified atom stereocenters. The minimum atomic E-state index is 0. The molecule has 0 amide bonds. The summed E-state index contributed by atoms with van der Waals surface area (Å²) in [5.74, 6) is 0.563. The maximum atomic E-state index is 3.06. The fourth-order valence-electron chi connectivity index (χ4n) is 6.33. The first-order valence-electron chi connectivity index (χ1n) is 15.0. The molecule has 0 nitrogen and oxygen atoms in total. The van der Waals surface area contributed by atoms with Crippen LogP contribution in [0.3, 0.4) is 0 Å². The first-order chi connectivity index (χ1) is 20.8. The molecule has 45 heavy (non-hydrogen) atoms. The molecule has 0 heterocycles. The standard InChI is InChI=1S/C22H19.C19H19.2CH3.Si.Zr/c1-15(2)18-13-17-9-6-12-21(22(17)14-18)20-11-5-8-16-7-3-4-10-19(16)20;1-12-10-17-13(2)8-9-16(18(17)11-12)19-14(3)6-5-7-15(19)4;;;;/h3-15H,1-2H3;5-11H,1-4H3;2*1H3;;/q4*-1;;. The Morgan fingerprint density at radius 3 is 1.84 bits per heavy atom. The first-order valence-corrected chi connectivity index (χ1v) is 19.2. The van der Waals surface area contributed by atoms with Gasteiger partial charge in [-0.25, -0.2) is 0 Å². The molecule has 0 saturated heterocycles. The molecule has 0 fully saturated rings. The van der Waals surface area contributed by atoms with Crippen LogP contribution in [0.4, 0.5) is 0 Å². The van der Waals surface area contributed by atoms with E-state index in [0.717, 1.165) is 0 Å². The van der Waals surface area contributed by atoms with Gasteiger partial charge in [-0.1, -0.05) is 112 Å². The molecule has 7 aromatic rings. The third-order valence-corrected chi connectivity index (χ3v) is 8.52. The molecule has 2 heteroatoms. The summed E-state index contributed by atoms with van der Waals surface area (Å²) in [6, 6.07) is 42.2. The van der Waals surface area contributed by atoms with Crippen molar-refractivity contribution in [3.8, 4) is 22.3 Å². The Morgan fingerprint density at radius 1 is 0.556 bits per heavy atom. The van der Waals surface area contributed by atoms with Crippen molar-refractivity contribution in [3.05, 3.63) is 158 Å². The van der Waals surface area contributed by atoms with Crippen molar-refractivity contribution in [1.29, 1.82) is 0 Å². The molecule has 0 N–H and O–H groups in total. The number of benzene rings is 5. The molecule has 0 aliphatic heterocycles. The van der Waals surface area contributed by atoms with Gasteiger partial charge >= 0.3 is 30.2 Å². The van der Waals surface area contributed by atoms with Crippen molar-refractivity contribution in [3.63, 3.8) is 0 Å². The molecule has 228 valence electrons. The summed E-state index contributed by atoms with van der Waals surface area (Å²) in [6.07, 6.45) is 0. The van der Waals surface area contributed by atoms with Crippen molar-refractivity contribution in [2.24, 2.45) is 0 Å². The number of rotatable bonds is 3. The SMILES string of the molecule is CC(C)c1cc2c(-c3cccc4ccccc34)cccc2[cH-]1.Cc1cc2c(-c3c(C)cccc3C)ccc(C)c2[cH-]1.[CH3-].[CH3-].[Si]=[Zr]. The summed E-state index contributed by atoms with van der Waals surface area (Å²) < 4.78 is 0. The normalized spacial score (nSPS) is 10.4. The topological polar surface area (TPSA) is 0 Å². The second-order valence-electron chi connectivity index (χ2n) is 11.8. The summed E-state index contributed by atoms with van der Waals surface area (Å²) >= 11 is 1.36. The molecule has 0 bridgehead atoms. The molecule has 0 aromatic heterocycles. The third-order valence-electron chi connectivity index (χ3n) is 8.52. The first kappa shape index (κ1) is 36.2. The van der Waals surface area contributed by atoms with E-state index in [1.54, 1.807) is 0 Å². The predicted octanol–water partition coefficient (Wildman–Crippen LogP) is 12.5. The quantitative estimate of drug-likeness (QED) is 0.129. The van der Waals surface area contributed by atoms with E-state index in [1.807, 2.05) is 0 Å². The Balaban J connectivity index is 0.000000225. The van der Waals surface area contributed by atoms with E-state index in [4.69, 9.17) is 0 Å². The van der Waals surface area contributed by atoms with Gasteiger partial charge in [-0.05, 0) is 52.8 Å². The fraction of sp³-hybridized carbons (Fsp3) is 0.163. The molecule has 7 aromatic carbocycles. The summed E-state index contributed by atoms with van der Waals surface area (Å²) in [4.78, 5) is 0. The molecule has 0 spiro atoms. The zero-order chi connectivity index (χ0) is 30.7. The van der Waals surface area contributed by atoms with E-state index in [9.17, 15) is 0 Å². The van der Waals surface area contributed by atoms with Crippen LogP contribution >= 0.6 is 0 Å². The number of hydrogen-bond donors (Lipinski definition) is 0. The van der Waals surface area contributed by atoms with Crippen LogP contribution in [-0.4, -0.2) is 6.88 Å². The summed E-state index contributed by atoms with van der Waals surface area (Å²) in [7, 11) is 0. The monoisotopic (exact) mass is 678 g/mol.